The first-order valence-electron chi connectivity index (χ1n) is 8.08. The number of ether oxygens (including phenoxy) is 1. The molecular weight excluding hydrogens is 330 g/mol. The summed E-state index contributed by atoms with van der Waals surface area (Å²) in [4.78, 5) is 20.6. The van der Waals surface area contributed by atoms with Gasteiger partial charge in [0.05, 0.1) is 0 Å². The Hall–Kier alpha value is -3.67. The van der Waals surface area contributed by atoms with Gasteiger partial charge < -0.3 is 14.5 Å². The van der Waals surface area contributed by atoms with E-state index in [9.17, 15) is 4.79 Å². The van der Waals surface area contributed by atoms with Gasteiger partial charge in [0.2, 0.25) is 5.89 Å². The Morgan fingerprint density at radius 2 is 1.92 bits per heavy atom. The molecule has 6 heteroatoms. The number of rotatable bonds is 5. The molecule has 0 fully saturated rings. The number of hydrogen-bond acceptors (Lipinski definition) is 5. The number of anilines is 1. The summed E-state index contributed by atoms with van der Waals surface area (Å²) in [6.07, 6.45) is 1.66. The number of hydrogen-bond donors (Lipinski definition) is 1. The average Bonchev–Trinajstić information content (AvgIpc) is 3.12. The van der Waals surface area contributed by atoms with E-state index >= 15 is 0 Å². The second-order valence-electron chi connectivity index (χ2n) is 5.57. The van der Waals surface area contributed by atoms with Gasteiger partial charge in [-0.2, -0.15) is 4.98 Å². The van der Waals surface area contributed by atoms with Crippen molar-refractivity contribution in [3.8, 4) is 17.2 Å². The monoisotopic (exact) mass is 345 g/mol. The lowest BCUT2D eigenvalue weighted by atomic mass is 10.2. The van der Waals surface area contributed by atoms with Gasteiger partial charge in [-0.1, -0.05) is 24.3 Å². The molecule has 2 aromatic carbocycles. The van der Waals surface area contributed by atoms with Gasteiger partial charge in [0.1, 0.15) is 5.75 Å². The van der Waals surface area contributed by atoms with Gasteiger partial charge in [-0.3, -0.25) is 4.79 Å². The number of carbonyl (C=O) groups excluding carboxylic acids is 1. The van der Waals surface area contributed by atoms with E-state index in [0.29, 0.717) is 28.6 Å². The van der Waals surface area contributed by atoms with Crippen molar-refractivity contribution in [3.05, 3.63) is 72.9 Å². The molecule has 1 amide bonds. The normalized spacial score (nSPS) is 10.6. The van der Waals surface area contributed by atoms with Crippen molar-refractivity contribution in [3.63, 3.8) is 0 Å². The van der Waals surface area contributed by atoms with Crippen LogP contribution in [0, 0.1) is 0 Å². The molecule has 0 saturated carbocycles. The minimum atomic E-state index is -0.245. The van der Waals surface area contributed by atoms with Crippen LogP contribution in [0.4, 0.5) is 5.69 Å². The Balaban J connectivity index is 1.46. The highest BCUT2D eigenvalue weighted by Crippen LogP contribution is 2.25. The van der Waals surface area contributed by atoms with Crippen molar-refractivity contribution in [1.82, 2.24) is 9.97 Å². The van der Waals surface area contributed by atoms with Crippen LogP contribution in [0.5, 0.6) is 5.75 Å². The molecule has 0 unspecified atom stereocenters. The fourth-order valence-electron chi connectivity index (χ4n) is 2.49. The van der Waals surface area contributed by atoms with E-state index in [1.807, 2.05) is 36.4 Å². The maximum absolute atomic E-state index is 12.1. The van der Waals surface area contributed by atoms with Crippen molar-refractivity contribution >= 4 is 22.8 Å². The number of carbonyl (C=O) groups is 1. The minimum Gasteiger partial charge on any atom is -0.484 e. The van der Waals surface area contributed by atoms with E-state index in [4.69, 9.17) is 9.15 Å². The van der Waals surface area contributed by atoms with Crippen LogP contribution >= 0.6 is 0 Å². The molecule has 0 radical (unpaired) electrons. The molecule has 4 rings (SSSR count). The van der Waals surface area contributed by atoms with Gasteiger partial charge in [0.15, 0.2) is 17.8 Å². The fraction of sp³-hybridized carbons (Fsp3) is 0.0500. The van der Waals surface area contributed by atoms with Crippen molar-refractivity contribution in [2.24, 2.45) is 0 Å². The highest BCUT2D eigenvalue weighted by molar-refractivity contribution is 5.92. The van der Waals surface area contributed by atoms with Gasteiger partial charge >= 0.3 is 0 Å². The van der Waals surface area contributed by atoms with E-state index in [1.165, 1.54) is 0 Å². The summed E-state index contributed by atoms with van der Waals surface area (Å²) in [5, 5.41) is 2.81. The van der Waals surface area contributed by atoms with Gasteiger partial charge in [-0.25, -0.2) is 4.98 Å². The molecule has 0 atom stereocenters. The Morgan fingerprint density at radius 1 is 1.04 bits per heavy atom. The predicted octanol–water partition coefficient (Wildman–Crippen LogP) is 3.91. The van der Waals surface area contributed by atoms with E-state index in [1.54, 1.807) is 36.5 Å². The first-order valence-corrected chi connectivity index (χ1v) is 8.08. The second-order valence-corrected chi connectivity index (χ2v) is 5.57. The van der Waals surface area contributed by atoms with Crippen LogP contribution in [0.3, 0.4) is 0 Å². The molecule has 4 aromatic rings. The van der Waals surface area contributed by atoms with Crippen LogP contribution in [0.15, 0.2) is 77.3 Å². The van der Waals surface area contributed by atoms with E-state index < -0.39 is 0 Å². The number of oxazole rings is 1. The number of benzene rings is 2. The van der Waals surface area contributed by atoms with Crippen LogP contribution in [-0.4, -0.2) is 22.5 Å². The van der Waals surface area contributed by atoms with E-state index in [-0.39, 0.29) is 12.5 Å². The summed E-state index contributed by atoms with van der Waals surface area (Å²) in [7, 11) is 0. The number of nitrogens with one attached hydrogen (secondary N) is 1. The smallest absolute Gasteiger partial charge is 0.262 e. The second kappa shape index (κ2) is 7.06. The number of para-hydroxylation sites is 1. The molecule has 0 spiro atoms. The summed E-state index contributed by atoms with van der Waals surface area (Å²) in [5.41, 5.74) is 2.56. The largest absolute Gasteiger partial charge is 0.484 e. The zero-order chi connectivity index (χ0) is 17.8. The van der Waals surface area contributed by atoms with Gasteiger partial charge in [0.25, 0.3) is 5.91 Å². The third kappa shape index (κ3) is 3.54. The maximum atomic E-state index is 12.1. The summed E-state index contributed by atoms with van der Waals surface area (Å²) in [6.45, 7) is -0.0684. The first kappa shape index (κ1) is 15.8. The van der Waals surface area contributed by atoms with Crippen LogP contribution in [-0.2, 0) is 4.79 Å². The number of nitrogens with zero attached hydrogens (tertiary/aromatic N) is 2. The summed E-state index contributed by atoms with van der Waals surface area (Å²) < 4.78 is 11.2. The molecule has 0 saturated heterocycles. The molecule has 0 aliphatic carbocycles. The molecule has 0 bridgehead atoms. The summed E-state index contributed by atoms with van der Waals surface area (Å²) in [6, 6.07) is 20.1. The average molecular weight is 345 g/mol. The molecule has 2 aromatic heterocycles. The number of pyridine rings is 1. The van der Waals surface area contributed by atoms with Crippen molar-refractivity contribution in [2.45, 2.75) is 0 Å². The zero-order valence-electron chi connectivity index (χ0n) is 13.8. The molecule has 128 valence electrons. The molecule has 0 aliphatic heterocycles. The van der Waals surface area contributed by atoms with E-state index in [2.05, 4.69) is 15.3 Å². The minimum absolute atomic E-state index is 0.0684. The number of amides is 1. The van der Waals surface area contributed by atoms with Gasteiger partial charge in [0, 0.05) is 17.4 Å². The van der Waals surface area contributed by atoms with Crippen LogP contribution in [0.2, 0.25) is 0 Å². The lowest BCUT2D eigenvalue weighted by Gasteiger charge is -2.08. The lowest BCUT2D eigenvalue weighted by Crippen LogP contribution is -2.20. The Kier molecular flexibility index (Phi) is 4.30. The lowest BCUT2D eigenvalue weighted by molar-refractivity contribution is -0.118. The topological polar surface area (TPSA) is 77.2 Å². The van der Waals surface area contributed by atoms with Gasteiger partial charge in [-0.05, 0) is 42.5 Å². The zero-order valence-corrected chi connectivity index (χ0v) is 13.8. The van der Waals surface area contributed by atoms with Crippen molar-refractivity contribution in [1.29, 1.82) is 0 Å². The highest BCUT2D eigenvalue weighted by Gasteiger charge is 2.10. The third-order valence-electron chi connectivity index (χ3n) is 3.67. The fourth-order valence-corrected chi connectivity index (χ4v) is 2.49. The van der Waals surface area contributed by atoms with Crippen molar-refractivity contribution in [2.75, 3.05) is 11.9 Å². The number of aromatic nitrogens is 2. The highest BCUT2D eigenvalue weighted by atomic mass is 16.5. The Bertz CT molecular complexity index is 1010. The van der Waals surface area contributed by atoms with E-state index in [0.717, 1.165) is 5.56 Å². The maximum Gasteiger partial charge on any atom is 0.262 e. The Morgan fingerprint density at radius 3 is 2.77 bits per heavy atom. The van der Waals surface area contributed by atoms with Gasteiger partial charge in [-0.15, -0.1) is 0 Å². The van der Waals surface area contributed by atoms with Crippen LogP contribution in [0.1, 0.15) is 0 Å². The number of fused-ring (bicyclic) bond motifs is 1. The third-order valence-corrected chi connectivity index (χ3v) is 3.67. The van der Waals surface area contributed by atoms with Crippen LogP contribution < -0.4 is 10.1 Å². The SMILES string of the molecule is O=C(COc1ccccc1)Nc1cccc(-c2nc3ncccc3o2)c1. The standard InChI is InChI=1S/C20H15N3O3/c24-18(13-25-16-8-2-1-3-9-16)22-15-7-4-6-14(12-15)20-23-19-17(26-20)10-5-11-21-19/h1-12H,13H2,(H,22,24). The molecular formula is C20H15N3O3. The molecule has 2 heterocycles. The molecule has 6 nitrogen and oxygen atoms in total. The summed E-state index contributed by atoms with van der Waals surface area (Å²) in [5.74, 6) is 0.857. The molecule has 1 N–H and O–H groups in total. The quantitative estimate of drug-likeness (QED) is 0.593. The molecule has 0 aliphatic rings. The Labute approximate surface area is 149 Å². The van der Waals surface area contributed by atoms with Crippen LogP contribution in [0.25, 0.3) is 22.7 Å². The molecule has 26 heavy (non-hydrogen) atoms. The summed E-state index contributed by atoms with van der Waals surface area (Å²) >= 11 is 0. The predicted molar refractivity (Wildman–Crippen MR) is 97.8 cm³/mol. The van der Waals surface area contributed by atoms with Crippen molar-refractivity contribution < 1.29 is 13.9 Å². The first-order chi connectivity index (χ1) is 12.8.